The summed E-state index contributed by atoms with van der Waals surface area (Å²) >= 11 is 8.15. The van der Waals surface area contributed by atoms with Crippen LogP contribution in [0.4, 0.5) is 0 Å². The Morgan fingerprint density at radius 2 is 2.06 bits per heavy atom. The van der Waals surface area contributed by atoms with Crippen molar-refractivity contribution in [1.29, 1.82) is 0 Å². The van der Waals surface area contributed by atoms with Gasteiger partial charge in [-0.15, -0.1) is 11.3 Å². The average Bonchev–Trinajstić information content (AvgIpc) is 2.77. The van der Waals surface area contributed by atoms with Gasteiger partial charge in [0.05, 0.1) is 5.02 Å². The predicted molar refractivity (Wildman–Crippen MR) is 80.6 cm³/mol. The van der Waals surface area contributed by atoms with Crippen molar-refractivity contribution >= 4 is 22.9 Å². The van der Waals surface area contributed by atoms with E-state index in [1.807, 2.05) is 17.4 Å². The molecular weight excluding hydrogens is 264 g/mol. The van der Waals surface area contributed by atoms with Crippen molar-refractivity contribution < 1.29 is 0 Å². The van der Waals surface area contributed by atoms with Crippen LogP contribution in [-0.4, -0.2) is 31.1 Å². The van der Waals surface area contributed by atoms with Gasteiger partial charge in [0.15, 0.2) is 0 Å². The van der Waals surface area contributed by atoms with Gasteiger partial charge in [0.25, 0.3) is 0 Å². The molecule has 0 aliphatic carbocycles. The van der Waals surface area contributed by atoms with E-state index in [-0.39, 0.29) is 0 Å². The second kappa shape index (κ2) is 6.90. The molecule has 1 aliphatic rings. The van der Waals surface area contributed by atoms with Gasteiger partial charge in [-0.3, -0.25) is 4.90 Å². The Morgan fingerprint density at radius 1 is 1.33 bits per heavy atom. The number of hydrogen-bond donors (Lipinski definition) is 1. The maximum atomic E-state index is 6.34. The van der Waals surface area contributed by atoms with E-state index >= 15 is 0 Å². The minimum absolute atomic E-state index is 0.516. The van der Waals surface area contributed by atoms with Crippen LogP contribution < -0.4 is 5.32 Å². The average molecular weight is 287 g/mol. The van der Waals surface area contributed by atoms with Crippen LogP contribution in [0.5, 0.6) is 0 Å². The molecule has 4 heteroatoms. The summed E-state index contributed by atoms with van der Waals surface area (Å²) in [6.07, 6.45) is 2.49. The Morgan fingerprint density at radius 3 is 2.61 bits per heavy atom. The first-order valence-electron chi connectivity index (χ1n) is 6.86. The standard InChI is InChI=1S/C14H23ClN2S/c1-11(2)3-4-13(14-12(15)5-10-18-14)17-8-6-16-7-9-17/h5,10-11,13,16H,3-4,6-9H2,1-2H3/t13-/m1/s1. The van der Waals surface area contributed by atoms with Gasteiger partial charge in [0.1, 0.15) is 0 Å². The van der Waals surface area contributed by atoms with Crippen LogP contribution in [-0.2, 0) is 0 Å². The van der Waals surface area contributed by atoms with Crippen molar-refractivity contribution in [2.45, 2.75) is 32.7 Å². The SMILES string of the molecule is CC(C)CC[C@H](c1sccc1Cl)N1CCNCC1. The highest BCUT2D eigenvalue weighted by atomic mass is 35.5. The minimum Gasteiger partial charge on any atom is -0.314 e. The van der Waals surface area contributed by atoms with Gasteiger partial charge in [-0.25, -0.2) is 0 Å². The zero-order valence-electron chi connectivity index (χ0n) is 11.3. The Hall–Kier alpha value is -0.0900. The van der Waals surface area contributed by atoms with Crippen LogP contribution in [0.1, 0.15) is 37.6 Å². The quantitative estimate of drug-likeness (QED) is 0.886. The molecule has 2 nitrogen and oxygen atoms in total. The second-order valence-electron chi connectivity index (χ2n) is 5.41. The van der Waals surface area contributed by atoms with Crippen molar-refractivity contribution in [2.24, 2.45) is 5.92 Å². The third-order valence-electron chi connectivity index (χ3n) is 3.56. The molecule has 1 aliphatic heterocycles. The highest BCUT2D eigenvalue weighted by Crippen LogP contribution is 2.36. The summed E-state index contributed by atoms with van der Waals surface area (Å²) in [7, 11) is 0. The van der Waals surface area contributed by atoms with Gasteiger partial charge < -0.3 is 5.32 Å². The van der Waals surface area contributed by atoms with Crippen LogP contribution >= 0.6 is 22.9 Å². The zero-order chi connectivity index (χ0) is 13.0. The molecule has 1 atom stereocenters. The Labute approximate surface area is 119 Å². The monoisotopic (exact) mass is 286 g/mol. The fourth-order valence-electron chi connectivity index (χ4n) is 2.51. The van der Waals surface area contributed by atoms with Crippen molar-refractivity contribution in [3.05, 3.63) is 21.3 Å². The summed E-state index contributed by atoms with van der Waals surface area (Å²) in [6, 6.07) is 2.55. The van der Waals surface area contributed by atoms with E-state index in [0.29, 0.717) is 6.04 Å². The summed E-state index contributed by atoms with van der Waals surface area (Å²) in [6.45, 7) is 9.06. The molecule has 0 radical (unpaired) electrons. The highest BCUT2D eigenvalue weighted by molar-refractivity contribution is 7.10. The first-order valence-corrected chi connectivity index (χ1v) is 8.12. The third kappa shape index (κ3) is 3.70. The summed E-state index contributed by atoms with van der Waals surface area (Å²) in [5, 5.41) is 6.49. The van der Waals surface area contributed by atoms with Crippen LogP contribution in [0.3, 0.4) is 0 Å². The maximum Gasteiger partial charge on any atom is 0.0561 e. The largest absolute Gasteiger partial charge is 0.314 e. The molecule has 1 aromatic rings. The van der Waals surface area contributed by atoms with Crippen LogP contribution in [0.15, 0.2) is 11.4 Å². The molecule has 1 N–H and O–H groups in total. The fraction of sp³-hybridized carbons (Fsp3) is 0.714. The highest BCUT2D eigenvalue weighted by Gasteiger charge is 2.24. The van der Waals surface area contributed by atoms with E-state index in [0.717, 1.165) is 37.1 Å². The normalized spacial score (nSPS) is 19.3. The van der Waals surface area contributed by atoms with Gasteiger partial charge in [0, 0.05) is 37.1 Å². The third-order valence-corrected chi connectivity index (χ3v) is 5.02. The molecule has 18 heavy (non-hydrogen) atoms. The van der Waals surface area contributed by atoms with E-state index < -0.39 is 0 Å². The van der Waals surface area contributed by atoms with Gasteiger partial charge in [0.2, 0.25) is 0 Å². The van der Waals surface area contributed by atoms with E-state index in [9.17, 15) is 0 Å². The zero-order valence-corrected chi connectivity index (χ0v) is 12.9. The molecule has 102 valence electrons. The molecule has 0 bridgehead atoms. The molecule has 0 amide bonds. The van der Waals surface area contributed by atoms with E-state index in [2.05, 4.69) is 29.4 Å². The minimum atomic E-state index is 0.516. The molecule has 2 heterocycles. The number of thiophene rings is 1. The van der Waals surface area contributed by atoms with Gasteiger partial charge in [-0.2, -0.15) is 0 Å². The lowest BCUT2D eigenvalue weighted by molar-refractivity contribution is 0.162. The Kier molecular flexibility index (Phi) is 5.49. The molecule has 0 spiro atoms. The Balaban J connectivity index is 2.09. The summed E-state index contributed by atoms with van der Waals surface area (Å²) in [5.41, 5.74) is 0. The number of piperazine rings is 1. The molecule has 2 rings (SSSR count). The van der Waals surface area contributed by atoms with E-state index in [4.69, 9.17) is 11.6 Å². The van der Waals surface area contributed by atoms with E-state index in [1.165, 1.54) is 17.7 Å². The van der Waals surface area contributed by atoms with Gasteiger partial charge >= 0.3 is 0 Å². The maximum absolute atomic E-state index is 6.34. The van der Waals surface area contributed by atoms with Crippen molar-refractivity contribution in [3.8, 4) is 0 Å². The fourth-order valence-corrected chi connectivity index (χ4v) is 3.86. The molecule has 0 saturated carbocycles. The van der Waals surface area contributed by atoms with Crippen molar-refractivity contribution in [1.82, 2.24) is 10.2 Å². The van der Waals surface area contributed by atoms with Crippen molar-refractivity contribution in [2.75, 3.05) is 26.2 Å². The van der Waals surface area contributed by atoms with Crippen LogP contribution in [0.2, 0.25) is 5.02 Å². The predicted octanol–water partition coefficient (Wildman–Crippen LogP) is 3.78. The first-order chi connectivity index (χ1) is 8.68. The number of hydrogen-bond acceptors (Lipinski definition) is 3. The second-order valence-corrected chi connectivity index (χ2v) is 6.76. The summed E-state index contributed by atoms with van der Waals surface area (Å²) < 4.78 is 0. The lowest BCUT2D eigenvalue weighted by atomic mass is 10.0. The topological polar surface area (TPSA) is 15.3 Å². The van der Waals surface area contributed by atoms with Gasteiger partial charge in [-0.05, 0) is 30.2 Å². The summed E-state index contributed by atoms with van der Waals surface area (Å²) in [4.78, 5) is 3.95. The van der Waals surface area contributed by atoms with Crippen LogP contribution in [0, 0.1) is 5.92 Å². The molecule has 1 aromatic heterocycles. The number of nitrogens with zero attached hydrogens (tertiary/aromatic N) is 1. The number of rotatable bonds is 5. The van der Waals surface area contributed by atoms with Gasteiger partial charge in [-0.1, -0.05) is 25.4 Å². The summed E-state index contributed by atoms with van der Waals surface area (Å²) in [5.74, 6) is 0.758. The molecule has 1 fully saturated rings. The number of nitrogens with one attached hydrogen (secondary N) is 1. The molecule has 1 saturated heterocycles. The Bertz CT molecular complexity index is 358. The van der Waals surface area contributed by atoms with Crippen molar-refractivity contribution in [3.63, 3.8) is 0 Å². The molecule has 0 unspecified atom stereocenters. The molecule has 0 aromatic carbocycles. The number of halogens is 1. The van der Waals surface area contributed by atoms with Crippen LogP contribution in [0.25, 0.3) is 0 Å². The van der Waals surface area contributed by atoms with E-state index in [1.54, 1.807) is 0 Å². The lowest BCUT2D eigenvalue weighted by Gasteiger charge is -2.35. The molecular formula is C14H23ClN2S. The first kappa shape index (κ1) is 14.3. The lowest BCUT2D eigenvalue weighted by Crippen LogP contribution is -2.45. The smallest absolute Gasteiger partial charge is 0.0561 e.